The van der Waals surface area contributed by atoms with Crippen LogP contribution in [0.25, 0.3) is 22.4 Å². The second-order valence-electron chi connectivity index (χ2n) is 6.78. The molecule has 0 radical (unpaired) electrons. The van der Waals surface area contributed by atoms with E-state index in [1.54, 1.807) is 12.1 Å². The van der Waals surface area contributed by atoms with Crippen molar-refractivity contribution in [1.29, 1.82) is 0 Å². The van der Waals surface area contributed by atoms with E-state index in [1.165, 1.54) is 14.2 Å². The summed E-state index contributed by atoms with van der Waals surface area (Å²) in [7, 11) is 3.03. The zero-order chi connectivity index (χ0) is 22.0. The number of carbonyl (C=O) groups excluding carboxylic acids is 1. The van der Waals surface area contributed by atoms with Crippen LogP contribution >= 0.6 is 11.6 Å². The van der Waals surface area contributed by atoms with E-state index in [9.17, 15) is 4.79 Å². The van der Waals surface area contributed by atoms with Gasteiger partial charge in [-0.15, -0.1) is 10.2 Å². The molecule has 2 aromatic heterocycles. The van der Waals surface area contributed by atoms with Crippen molar-refractivity contribution in [2.45, 2.75) is 19.9 Å². The van der Waals surface area contributed by atoms with Crippen LogP contribution in [0.3, 0.4) is 0 Å². The maximum atomic E-state index is 12.8. The van der Waals surface area contributed by atoms with Crippen LogP contribution in [-0.4, -0.2) is 34.9 Å². The van der Waals surface area contributed by atoms with Crippen molar-refractivity contribution in [2.24, 2.45) is 0 Å². The second kappa shape index (κ2) is 8.69. The highest BCUT2D eigenvalue weighted by Gasteiger charge is 2.18. The number of methoxy groups -OCH3 is 2. The Balaban J connectivity index is 1.63. The maximum absolute atomic E-state index is 12.8. The monoisotopic (exact) mass is 440 g/mol. The average molecular weight is 441 g/mol. The number of carbonyl (C=O) groups is 1. The van der Waals surface area contributed by atoms with Gasteiger partial charge in [-0.1, -0.05) is 36.7 Å². The molecule has 0 atom stereocenters. The van der Waals surface area contributed by atoms with E-state index >= 15 is 0 Å². The summed E-state index contributed by atoms with van der Waals surface area (Å²) < 4.78 is 18.1. The number of fused-ring (bicyclic) bond motifs is 1. The van der Waals surface area contributed by atoms with Gasteiger partial charge in [-0.3, -0.25) is 4.79 Å². The number of nitrogens with zero attached hydrogens (tertiary/aromatic N) is 3. The highest BCUT2D eigenvalue weighted by Crippen LogP contribution is 2.36. The summed E-state index contributed by atoms with van der Waals surface area (Å²) in [5.41, 5.74) is 2.11. The minimum atomic E-state index is -0.244. The van der Waals surface area contributed by atoms with E-state index in [1.807, 2.05) is 42.0 Å². The first-order valence-corrected chi connectivity index (χ1v) is 10.0. The Morgan fingerprint density at radius 3 is 2.65 bits per heavy atom. The van der Waals surface area contributed by atoms with Crippen molar-refractivity contribution < 1.29 is 18.7 Å². The standard InChI is InChI=1S/C22H21ClN4O4/c1-4-21-25-26-22(31-21)14-11-27(17-8-6-5-7-13(14)17)12-20(28)24-16-9-15(23)18(29-2)10-19(16)30-3/h5-11H,4,12H2,1-3H3,(H,24,28). The molecular weight excluding hydrogens is 420 g/mol. The molecule has 1 amide bonds. The van der Waals surface area contributed by atoms with Crippen LogP contribution in [-0.2, 0) is 17.8 Å². The zero-order valence-electron chi connectivity index (χ0n) is 17.3. The summed E-state index contributed by atoms with van der Waals surface area (Å²) in [6, 6.07) is 11.0. The van der Waals surface area contributed by atoms with E-state index in [0.717, 1.165) is 16.5 Å². The summed E-state index contributed by atoms with van der Waals surface area (Å²) >= 11 is 6.20. The molecule has 0 saturated heterocycles. The molecule has 160 valence electrons. The number of para-hydroxylation sites is 1. The van der Waals surface area contributed by atoms with Gasteiger partial charge in [-0.25, -0.2) is 0 Å². The lowest BCUT2D eigenvalue weighted by Gasteiger charge is -2.13. The summed E-state index contributed by atoms with van der Waals surface area (Å²) in [4.78, 5) is 12.8. The van der Waals surface area contributed by atoms with E-state index < -0.39 is 0 Å². The molecule has 2 aromatic carbocycles. The summed E-state index contributed by atoms with van der Waals surface area (Å²) in [5.74, 6) is 1.66. The fourth-order valence-electron chi connectivity index (χ4n) is 3.36. The van der Waals surface area contributed by atoms with E-state index in [0.29, 0.717) is 40.4 Å². The molecule has 0 bridgehead atoms. The molecule has 0 aliphatic rings. The molecule has 4 aromatic rings. The van der Waals surface area contributed by atoms with Gasteiger partial charge in [0.05, 0.1) is 30.5 Å². The van der Waals surface area contributed by atoms with Crippen molar-refractivity contribution in [1.82, 2.24) is 14.8 Å². The largest absolute Gasteiger partial charge is 0.495 e. The number of ether oxygens (including phenoxy) is 2. The number of halogens is 1. The number of amides is 1. The van der Waals surface area contributed by atoms with Gasteiger partial charge in [0, 0.05) is 29.6 Å². The SMILES string of the molecule is CCc1nnc(-c2cn(CC(=O)Nc3cc(Cl)c(OC)cc3OC)c3ccccc23)o1. The molecular formula is C22H21ClN4O4. The van der Waals surface area contributed by atoms with Gasteiger partial charge in [0.15, 0.2) is 0 Å². The summed E-state index contributed by atoms with van der Waals surface area (Å²) in [5, 5.41) is 12.3. The molecule has 1 N–H and O–H groups in total. The van der Waals surface area contributed by atoms with Crippen molar-refractivity contribution in [3.05, 3.63) is 53.5 Å². The number of hydrogen-bond donors (Lipinski definition) is 1. The third kappa shape index (κ3) is 4.06. The minimum Gasteiger partial charge on any atom is -0.495 e. The van der Waals surface area contributed by atoms with Gasteiger partial charge in [-0.2, -0.15) is 0 Å². The number of nitrogens with one attached hydrogen (secondary N) is 1. The Hall–Kier alpha value is -3.52. The van der Waals surface area contributed by atoms with Crippen LogP contribution in [0.5, 0.6) is 11.5 Å². The Bertz CT molecular complexity index is 1250. The zero-order valence-corrected chi connectivity index (χ0v) is 18.1. The molecule has 0 aliphatic carbocycles. The number of anilines is 1. The maximum Gasteiger partial charge on any atom is 0.249 e. The second-order valence-corrected chi connectivity index (χ2v) is 7.18. The van der Waals surface area contributed by atoms with Gasteiger partial charge in [-0.05, 0) is 12.1 Å². The third-order valence-corrected chi connectivity index (χ3v) is 5.15. The smallest absolute Gasteiger partial charge is 0.249 e. The first-order valence-electron chi connectivity index (χ1n) is 9.66. The van der Waals surface area contributed by atoms with Crippen LogP contribution in [0.15, 0.2) is 47.0 Å². The van der Waals surface area contributed by atoms with Crippen LogP contribution in [0.4, 0.5) is 5.69 Å². The fraction of sp³-hybridized carbons (Fsp3) is 0.227. The quantitative estimate of drug-likeness (QED) is 0.453. The van der Waals surface area contributed by atoms with Gasteiger partial charge < -0.3 is 23.8 Å². The van der Waals surface area contributed by atoms with Crippen molar-refractivity contribution in [3.63, 3.8) is 0 Å². The normalized spacial score (nSPS) is 11.0. The van der Waals surface area contributed by atoms with Gasteiger partial charge in [0.25, 0.3) is 0 Å². The van der Waals surface area contributed by atoms with E-state index in [4.69, 9.17) is 25.5 Å². The highest BCUT2D eigenvalue weighted by atomic mass is 35.5. The molecule has 0 fully saturated rings. The summed E-state index contributed by atoms with van der Waals surface area (Å²) in [6.45, 7) is 2.02. The lowest BCUT2D eigenvalue weighted by molar-refractivity contribution is -0.116. The average Bonchev–Trinajstić information content (AvgIpc) is 3.39. The molecule has 4 rings (SSSR count). The van der Waals surface area contributed by atoms with Crippen LogP contribution in [0.1, 0.15) is 12.8 Å². The van der Waals surface area contributed by atoms with E-state index in [-0.39, 0.29) is 12.5 Å². The first-order chi connectivity index (χ1) is 15.0. The lowest BCUT2D eigenvalue weighted by atomic mass is 10.2. The lowest BCUT2D eigenvalue weighted by Crippen LogP contribution is -2.18. The predicted octanol–water partition coefficient (Wildman–Crippen LogP) is 4.56. The summed E-state index contributed by atoms with van der Waals surface area (Å²) in [6.07, 6.45) is 2.50. The Morgan fingerprint density at radius 2 is 1.94 bits per heavy atom. The first kappa shape index (κ1) is 20.7. The van der Waals surface area contributed by atoms with Crippen molar-refractivity contribution in [2.75, 3.05) is 19.5 Å². The minimum absolute atomic E-state index is 0.0715. The molecule has 31 heavy (non-hydrogen) atoms. The fourth-order valence-corrected chi connectivity index (χ4v) is 3.60. The number of aromatic nitrogens is 3. The van der Waals surface area contributed by atoms with Crippen LogP contribution in [0.2, 0.25) is 5.02 Å². The number of aryl methyl sites for hydroxylation is 1. The number of hydrogen-bond acceptors (Lipinski definition) is 6. The molecule has 2 heterocycles. The Morgan fingerprint density at radius 1 is 1.16 bits per heavy atom. The topological polar surface area (TPSA) is 91.4 Å². The third-order valence-electron chi connectivity index (χ3n) is 4.85. The molecule has 0 unspecified atom stereocenters. The Labute approximate surface area is 183 Å². The molecule has 9 heteroatoms. The van der Waals surface area contributed by atoms with E-state index in [2.05, 4.69) is 15.5 Å². The Kier molecular flexibility index (Phi) is 5.81. The highest BCUT2D eigenvalue weighted by molar-refractivity contribution is 6.32. The number of rotatable bonds is 7. The molecule has 0 spiro atoms. The van der Waals surface area contributed by atoms with Gasteiger partial charge in [0.2, 0.25) is 17.7 Å². The van der Waals surface area contributed by atoms with Crippen molar-refractivity contribution in [3.8, 4) is 23.0 Å². The molecule has 0 saturated carbocycles. The van der Waals surface area contributed by atoms with Gasteiger partial charge >= 0.3 is 0 Å². The predicted molar refractivity (Wildman–Crippen MR) is 118 cm³/mol. The van der Waals surface area contributed by atoms with Crippen LogP contribution < -0.4 is 14.8 Å². The number of benzene rings is 2. The van der Waals surface area contributed by atoms with Crippen LogP contribution in [0, 0.1) is 0 Å². The molecule has 0 aliphatic heterocycles. The van der Waals surface area contributed by atoms with Crippen molar-refractivity contribution >= 4 is 34.1 Å². The molecule has 8 nitrogen and oxygen atoms in total. The van der Waals surface area contributed by atoms with Gasteiger partial charge in [0.1, 0.15) is 18.0 Å².